The quantitative estimate of drug-likeness (QED) is 0.754. The summed E-state index contributed by atoms with van der Waals surface area (Å²) in [7, 11) is 1.68. The van der Waals surface area contributed by atoms with Crippen LogP contribution in [0.4, 0.5) is 0 Å². The van der Waals surface area contributed by atoms with Crippen molar-refractivity contribution in [2.24, 2.45) is 0 Å². The third-order valence-electron chi connectivity index (χ3n) is 6.05. The molecule has 7 nitrogen and oxygen atoms in total. The van der Waals surface area contributed by atoms with Crippen LogP contribution in [-0.4, -0.2) is 64.6 Å². The Bertz CT molecular complexity index is 863. The molecule has 0 atom stereocenters. The van der Waals surface area contributed by atoms with Crippen LogP contribution < -0.4 is 4.74 Å². The van der Waals surface area contributed by atoms with Gasteiger partial charge in [0.05, 0.1) is 13.2 Å². The fourth-order valence-electron chi connectivity index (χ4n) is 4.25. The summed E-state index contributed by atoms with van der Waals surface area (Å²) >= 11 is 0. The van der Waals surface area contributed by atoms with Crippen LogP contribution in [0.5, 0.6) is 5.75 Å². The molecular formula is C23H30N4O3. The lowest BCUT2D eigenvalue weighted by molar-refractivity contribution is -0.132. The number of hydrogen-bond acceptors (Lipinski definition) is 6. The van der Waals surface area contributed by atoms with Crippen molar-refractivity contribution < 1.29 is 14.3 Å². The van der Waals surface area contributed by atoms with Gasteiger partial charge in [0.2, 0.25) is 5.91 Å². The number of likely N-dealkylation sites (tertiary alicyclic amines) is 1. The number of hydrogen-bond donors (Lipinski definition) is 0. The molecule has 1 amide bonds. The standard InChI is InChI=1S/C23H30N4O3/c1-18(28)27-16-20-5-3-4-6-21(20)30-23(17-27)8-10-26(11-9-23)15-19-13-24-22(25-14-19)7-12-29-2/h3-6,13-14H,7-12,15-17H2,1-2H3. The molecule has 0 unspecified atom stereocenters. The van der Waals surface area contributed by atoms with Crippen molar-refractivity contribution in [2.75, 3.05) is 33.4 Å². The maximum absolute atomic E-state index is 12.2. The van der Waals surface area contributed by atoms with Gasteiger partial charge in [-0.3, -0.25) is 9.69 Å². The Hall–Kier alpha value is -2.51. The lowest BCUT2D eigenvalue weighted by Gasteiger charge is -2.42. The maximum Gasteiger partial charge on any atom is 0.219 e. The van der Waals surface area contributed by atoms with E-state index in [1.807, 2.05) is 35.5 Å². The normalized spacial score (nSPS) is 18.5. The van der Waals surface area contributed by atoms with Crippen LogP contribution in [-0.2, 0) is 29.0 Å². The van der Waals surface area contributed by atoms with Crippen LogP contribution in [0.2, 0.25) is 0 Å². The number of ether oxygens (including phenoxy) is 2. The van der Waals surface area contributed by atoms with Crippen molar-refractivity contribution >= 4 is 5.91 Å². The fourth-order valence-corrected chi connectivity index (χ4v) is 4.25. The molecule has 0 N–H and O–H groups in total. The Labute approximate surface area is 178 Å². The molecule has 1 saturated heterocycles. The van der Waals surface area contributed by atoms with Gasteiger partial charge < -0.3 is 14.4 Å². The third kappa shape index (κ3) is 4.79. The summed E-state index contributed by atoms with van der Waals surface area (Å²) in [5, 5.41) is 0. The summed E-state index contributed by atoms with van der Waals surface area (Å²) in [5.74, 6) is 1.82. The number of carbonyl (C=O) groups is 1. The van der Waals surface area contributed by atoms with E-state index in [-0.39, 0.29) is 11.5 Å². The van der Waals surface area contributed by atoms with Crippen LogP contribution in [0.15, 0.2) is 36.7 Å². The highest BCUT2D eigenvalue weighted by atomic mass is 16.5. The van der Waals surface area contributed by atoms with Gasteiger partial charge >= 0.3 is 0 Å². The number of rotatable bonds is 5. The average Bonchev–Trinajstić information content (AvgIpc) is 2.92. The van der Waals surface area contributed by atoms with E-state index in [0.717, 1.165) is 61.6 Å². The highest BCUT2D eigenvalue weighted by molar-refractivity contribution is 5.73. The second-order valence-electron chi connectivity index (χ2n) is 8.29. The number of carbonyl (C=O) groups excluding carboxylic acids is 1. The van der Waals surface area contributed by atoms with E-state index in [9.17, 15) is 4.79 Å². The summed E-state index contributed by atoms with van der Waals surface area (Å²) < 4.78 is 11.6. The van der Waals surface area contributed by atoms with Crippen molar-refractivity contribution in [3.05, 3.63) is 53.6 Å². The number of nitrogens with zero attached hydrogens (tertiary/aromatic N) is 4. The Kier molecular flexibility index (Phi) is 6.29. The molecule has 0 bridgehead atoms. The average molecular weight is 411 g/mol. The van der Waals surface area contributed by atoms with Crippen LogP contribution in [0.1, 0.15) is 36.7 Å². The van der Waals surface area contributed by atoms with Gasteiger partial charge in [0.1, 0.15) is 17.2 Å². The third-order valence-corrected chi connectivity index (χ3v) is 6.05. The highest BCUT2D eigenvalue weighted by Gasteiger charge is 2.41. The summed E-state index contributed by atoms with van der Waals surface area (Å²) in [4.78, 5) is 25.5. The van der Waals surface area contributed by atoms with Crippen LogP contribution >= 0.6 is 0 Å². The lowest BCUT2D eigenvalue weighted by atomic mass is 9.90. The van der Waals surface area contributed by atoms with Gasteiger partial charge in [-0.05, 0) is 6.07 Å². The second-order valence-corrected chi connectivity index (χ2v) is 8.29. The molecule has 2 aliphatic rings. The van der Waals surface area contributed by atoms with E-state index in [4.69, 9.17) is 9.47 Å². The predicted molar refractivity (Wildman–Crippen MR) is 113 cm³/mol. The highest BCUT2D eigenvalue weighted by Crippen LogP contribution is 2.35. The molecule has 0 radical (unpaired) electrons. The number of aromatic nitrogens is 2. The summed E-state index contributed by atoms with van der Waals surface area (Å²) in [5.41, 5.74) is 1.87. The maximum atomic E-state index is 12.2. The van der Waals surface area contributed by atoms with Gasteiger partial charge in [0.15, 0.2) is 0 Å². The minimum Gasteiger partial charge on any atom is -0.485 e. The second kappa shape index (κ2) is 9.10. The predicted octanol–water partition coefficient (Wildman–Crippen LogP) is 2.44. The molecule has 2 aliphatic heterocycles. The Balaban J connectivity index is 1.40. The largest absolute Gasteiger partial charge is 0.485 e. The first-order valence-corrected chi connectivity index (χ1v) is 10.6. The van der Waals surface area contributed by atoms with Crippen molar-refractivity contribution in [1.82, 2.24) is 19.8 Å². The molecule has 2 aromatic rings. The zero-order valence-corrected chi connectivity index (χ0v) is 17.8. The monoisotopic (exact) mass is 410 g/mol. The summed E-state index contributed by atoms with van der Waals surface area (Å²) in [6.45, 7) is 6.19. The first kappa shape index (κ1) is 20.8. The van der Waals surface area contributed by atoms with E-state index in [2.05, 4.69) is 20.9 Å². The fraction of sp³-hybridized carbons (Fsp3) is 0.522. The van der Waals surface area contributed by atoms with E-state index < -0.39 is 0 Å². The number of benzene rings is 1. The van der Waals surface area contributed by atoms with Crippen molar-refractivity contribution in [2.45, 2.75) is 44.9 Å². The lowest BCUT2D eigenvalue weighted by Crippen LogP contribution is -2.53. The number of fused-ring (bicyclic) bond motifs is 1. The first-order chi connectivity index (χ1) is 14.6. The molecule has 4 rings (SSSR count). The molecule has 0 aliphatic carbocycles. The van der Waals surface area contributed by atoms with Crippen molar-refractivity contribution in [3.8, 4) is 5.75 Å². The van der Waals surface area contributed by atoms with E-state index in [1.165, 1.54) is 0 Å². The molecule has 1 fully saturated rings. The number of amides is 1. The van der Waals surface area contributed by atoms with E-state index in [1.54, 1.807) is 14.0 Å². The Morgan fingerprint density at radius 2 is 1.93 bits per heavy atom. The van der Waals surface area contributed by atoms with Crippen LogP contribution in [0, 0.1) is 0 Å². The molecule has 7 heteroatoms. The first-order valence-electron chi connectivity index (χ1n) is 10.6. The van der Waals surface area contributed by atoms with Gasteiger partial charge in [0, 0.05) is 83.0 Å². The SMILES string of the molecule is COCCc1ncc(CN2CCC3(CC2)CN(C(C)=O)Cc2ccccc2O3)cn1. The van der Waals surface area contributed by atoms with Crippen molar-refractivity contribution in [1.29, 1.82) is 0 Å². The van der Waals surface area contributed by atoms with Crippen LogP contribution in [0.3, 0.4) is 0 Å². The summed E-state index contributed by atoms with van der Waals surface area (Å²) in [6.07, 6.45) is 6.33. The molecule has 0 saturated carbocycles. The molecule has 1 spiro atoms. The zero-order valence-electron chi connectivity index (χ0n) is 17.8. The number of methoxy groups -OCH3 is 1. The Morgan fingerprint density at radius 1 is 1.20 bits per heavy atom. The van der Waals surface area contributed by atoms with E-state index >= 15 is 0 Å². The van der Waals surface area contributed by atoms with Gasteiger partial charge in [-0.15, -0.1) is 0 Å². The Morgan fingerprint density at radius 3 is 2.63 bits per heavy atom. The van der Waals surface area contributed by atoms with Gasteiger partial charge in [-0.25, -0.2) is 9.97 Å². The van der Waals surface area contributed by atoms with Crippen molar-refractivity contribution in [3.63, 3.8) is 0 Å². The zero-order chi connectivity index (χ0) is 21.0. The molecule has 160 valence electrons. The van der Waals surface area contributed by atoms with Gasteiger partial charge in [0.25, 0.3) is 0 Å². The molecule has 30 heavy (non-hydrogen) atoms. The molecule has 3 heterocycles. The minimum atomic E-state index is -0.324. The van der Waals surface area contributed by atoms with E-state index in [0.29, 0.717) is 19.7 Å². The summed E-state index contributed by atoms with van der Waals surface area (Å²) in [6, 6.07) is 8.08. The molecular weight excluding hydrogens is 380 g/mol. The van der Waals surface area contributed by atoms with Crippen LogP contribution in [0.25, 0.3) is 0 Å². The minimum absolute atomic E-state index is 0.0998. The smallest absolute Gasteiger partial charge is 0.219 e. The van der Waals surface area contributed by atoms with Gasteiger partial charge in [-0.2, -0.15) is 0 Å². The topological polar surface area (TPSA) is 67.8 Å². The molecule has 1 aromatic carbocycles. The molecule has 1 aromatic heterocycles. The number of para-hydroxylation sites is 1. The number of piperidine rings is 1. The van der Waals surface area contributed by atoms with Gasteiger partial charge in [-0.1, -0.05) is 18.2 Å².